The number of hydrogen-bond donors (Lipinski definition) is 1. The molecule has 0 aromatic rings. The summed E-state index contributed by atoms with van der Waals surface area (Å²) in [5.41, 5.74) is 0. The third-order valence-corrected chi connectivity index (χ3v) is 3.05. The minimum atomic E-state index is -0.782. The summed E-state index contributed by atoms with van der Waals surface area (Å²) in [7, 11) is 1.26. The molecule has 1 N–H and O–H groups in total. The van der Waals surface area contributed by atoms with Crippen molar-refractivity contribution in [3.8, 4) is 0 Å². The van der Waals surface area contributed by atoms with Crippen LogP contribution in [0.3, 0.4) is 0 Å². The molecule has 0 radical (unpaired) electrons. The zero-order valence-corrected chi connectivity index (χ0v) is 10.8. The second-order valence-corrected chi connectivity index (χ2v) is 4.43. The SMILES string of the molecule is COC(=O)CC(NC(=O)C1CC=CCC1)C(C)=O. The number of esters is 1. The number of Topliss-reactive ketones (excluding diaryl/α,β-unsaturated/α-hetero) is 1. The molecule has 100 valence electrons. The fraction of sp³-hybridized carbons (Fsp3) is 0.615. The van der Waals surface area contributed by atoms with E-state index < -0.39 is 12.0 Å². The van der Waals surface area contributed by atoms with E-state index in [-0.39, 0.29) is 24.0 Å². The summed E-state index contributed by atoms with van der Waals surface area (Å²) < 4.78 is 4.50. The van der Waals surface area contributed by atoms with Crippen LogP contribution in [0.25, 0.3) is 0 Å². The van der Waals surface area contributed by atoms with Crippen molar-refractivity contribution >= 4 is 17.7 Å². The number of nitrogens with one attached hydrogen (secondary N) is 1. The van der Waals surface area contributed by atoms with Gasteiger partial charge in [0, 0.05) is 5.92 Å². The molecule has 18 heavy (non-hydrogen) atoms. The van der Waals surface area contributed by atoms with Gasteiger partial charge in [0.1, 0.15) is 0 Å². The summed E-state index contributed by atoms with van der Waals surface area (Å²) >= 11 is 0. The second-order valence-electron chi connectivity index (χ2n) is 4.43. The minimum absolute atomic E-state index is 0.102. The highest BCUT2D eigenvalue weighted by Crippen LogP contribution is 2.18. The van der Waals surface area contributed by atoms with Crippen LogP contribution in [-0.2, 0) is 19.1 Å². The molecule has 5 heteroatoms. The largest absolute Gasteiger partial charge is 0.469 e. The Morgan fingerprint density at radius 1 is 1.39 bits per heavy atom. The van der Waals surface area contributed by atoms with E-state index >= 15 is 0 Å². The third-order valence-electron chi connectivity index (χ3n) is 3.05. The monoisotopic (exact) mass is 253 g/mol. The van der Waals surface area contributed by atoms with Crippen LogP contribution in [0.4, 0.5) is 0 Å². The molecule has 2 atom stereocenters. The quantitative estimate of drug-likeness (QED) is 0.585. The smallest absolute Gasteiger partial charge is 0.308 e. The number of carbonyl (C=O) groups excluding carboxylic acids is 3. The molecule has 0 saturated carbocycles. The topological polar surface area (TPSA) is 72.5 Å². The van der Waals surface area contributed by atoms with E-state index in [0.717, 1.165) is 12.8 Å². The Balaban J connectivity index is 2.54. The van der Waals surface area contributed by atoms with Crippen molar-refractivity contribution < 1.29 is 19.1 Å². The number of carbonyl (C=O) groups is 3. The summed E-state index contributed by atoms with van der Waals surface area (Å²) in [6.45, 7) is 1.36. The molecule has 2 unspecified atom stereocenters. The van der Waals surface area contributed by atoms with Crippen molar-refractivity contribution in [2.24, 2.45) is 5.92 Å². The molecule has 1 aliphatic carbocycles. The van der Waals surface area contributed by atoms with E-state index in [2.05, 4.69) is 10.1 Å². The van der Waals surface area contributed by atoms with Crippen molar-refractivity contribution in [1.82, 2.24) is 5.32 Å². The van der Waals surface area contributed by atoms with Gasteiger partial charge < -0.3 is 10.1 Å². The minimum Gasteiger partial charge on any atom is -0.469 e. The Kier molecular flexibility index (Phi) is 5.55. The van der Waals surface area contributed by atoms with Gasteiger partial charge in [-0.05, 0) is 26.2 Å². The number of hydrogen-bond acceptors (Lipinski definition) is 4. The number of methoxy groups -OCH3 is 1. The Labute approximate surface area is 107 Å². The zero-order valence-electron chi connectivity index (χ0n) is 10.8. The normalized spacial score (nSPS) is 20.0. The summed E-state index contributed by atoms with van der Waals surface area (Å²) in [6.07, 6.45) is 6.25. The number of rotatable bonds is 5. The second kappa shape index (κ2) is 6.93. The molecule has 0 spiro atoms. The van der Waals surface area contributed by atoms with E-state index in [1.165, 1.54) is 14.0 Å². The molecule has 5 nitrogen and oxygen atoms in total. The van der Waals surface area contributed by atoms with E-state index in [4.69, 9.17) is 0 Å². The van der Waals surface area contributed by atoms with Crippen molar-refractivity contribution in [3.05, 3.63) is 12.2 Å². The molecule has 0 bridgehead atoms. The van der Waals surface area contributed by atoms with Crippen LogP contribution in [0, 0.1) is 5.92 Å². The Bertz CT molecular complexity index is 362. The van der Waals surface area contributed by atoms with Gasteiger partial charge in [0.25, 0.3) is 0 Å². The first-order chi connectivity index (χ1) is 8.54. The summed E-state index contributed by atoms with van der Waals surface area (Å²) in [5, 5.41) is 2.63. The van der Waals surface area contributed by atoms with Crippen LogP contribution >= 0.6 is 0 Å². The molecule has 0 aromatic carbocycles. The first-order valence-corrected chi connectivity index (χ1v) is 6.07. The molecule has 0 aromatic heterocycles. The van der Waals surface area contributed by atoms with Crippen molar-refractivity contribution in [2.75, 3.05) is 7.11 Å². The van der Waals surface area contributed by atoms with Crippen molar-refractivity contribution in [3.63, 3.8) is 0 Å². The number of ketones is 1. The Hall–Kier alpha value is -1.65. The lowest BCUT2D eigenvalue weighted by atomic mass is 9.93. The third kappa shape index (κ3) is 4.31. The van der Waals surface area contributed by atoms with E-state index in [9.17, 15) is 14.4 Å². The van der Waals surface area contributed by atoms with E-state index in [1.54, 1.807) is 0 Å². The predicted molar refractivity (Wildman–Crippen MR) is 65.7 cm³/mol. The predicted octanol–water partition coefficient (Wildman–Crippen LogP) is 0.980. The fourth-order valence-electron chi connectivity index (χ4n) is 1.87. The van der Waals surface area contributed by atoms with Crippen LogP contribution in [0.2, 0.25) is 0 Å². The molecule has 1 rings (SSSR count). The standard InChI is InChI=1S/C13H19NO4/c1-9(15)11(8-12(16)18-2)14-13(17)10-6-4-3-5-7-10/h3-4,10-11H,5-8H2,1-2H3,(H,14,17). The molecule has 0 heterocycles. The molecular formula is C13H19NO4. The maximum atomic E-state index is 11.9. The average molecular weight is 253 g/mol. The summed E-state index contributed by atoms with van der Waals surface area (Å²) in [6, 6.07) is -0.782. The molecular weight excluding hydrogens is 234 g/mol. The lowest BCUT2D eigenvalue weighted by molar-refractivity contribution is -0.143. The first kappa shape index (κ1) is 14.4. The summed E-state index contributed by atoms with van der Waals surface area (Å²) in [4.78, 5) is 34.5. The maximum absolute atomic E-state index is 11.9. The highest BCUT2D eigenvalue weighted by Gasteiger charge is 2.25. The first-order valence-electron chi connectivity index (χ1n) is 6.07. The summed E-state index contributed by atoms with van der Waals surface area (Å²) in [5.74, 6) is -1.00. The maximum Gasteiger partial charge on any atom is 0.308 e. The average Bonchev–Trinajstić information content (AvgIpc) is 2.38. The number of amides is 1. The zero-order chi connectivity index (χ0) is 13.5. The van der Waals surface area contributed by atoms with Gasteiger partial charge >= 0.3 is 5.97 Å². The van der Waals surface area contributed by atoms with Gasteiger partial charge in [0.2, 0.25) is 5.91 Å². The van der Waals surface area contributed by atoms with Gasteiger partial charge in [-0.1, -0.05) is 12.2 Å². The highest BCUT2D eigenvalue weighted by molar-refractivity contribution is 5.91. The lowest BCUT2D eigenvalue weighted by Crippen LogP contribution is -2.44. The van der Waals surface area contributed by atoms with Crippen LogP contribution in [0.1, 0.15) is 32.6 Å². The van der Waals surface area contributed by atoms with E-state index in [0.29, 0.717) is 6.42 Å². The van der Waals surface area contributed by atoms with Gasteiger partial charge in [-0.25, -0.2) is 0 Å². The number of allylic oxidation sites excluding steroid dienone is 2. The van der Waals surface area contributed by atoms with Crippen molar-refractivity contribution in [1.29, 1.82) is 0 Å². The van der Waals surface area contributed by atoms with Gasteiger partial charge in [0.05, 0.1) is 19.6 Å². The molecule has 0 fully saturated rings. The van der Waals surface area contributed by atoms with Crippen molar-refractivity contribution in [2.45, 2.75) is 38.6 Å². The van der Waals surface area contributed by atoms with Gasteiger partial charge in [-0.2, -0.15) is 0 Å². The van der Waals surface area contributed by atoms with Gasteiger partial charge in [-0.3, -0.25) is 14.4 Å². The van der Waals surface area contributed by atoms with E-state index in [1.807, 2.05) is 12.2 Å². The Morgan fingerprint density at radius 3 is 2.61 bits per heavy atom. The van der Waals surface area contributed by atoms with Crippen LogP contribution in [0.15, 0.2) is 12.2 Å². The van der Waals surface area contributed by atoms with Crippen LogP contribution < -0.4 is 5.32 Å². The molecule has 0 saturated heterocycles. The molecule has 1 amide bonds. The van der Waals surface area contributed by atoms with Gasteiger partial charge in [-0.15, -0.1) is 0 Å². The molecule has 1 aliphatic rings. The van der Waals surface area contributed by atoms with Crippen LogP contribution in [-0.4, -0.2) is 30.8 Å². The van der Waals surface area contributed by atoms with Gasteiger partial charge in [0.15, 0.2) is 5.78 Å². The number of ether oxygens (including phenoxy) is 1. The lowest BCUT2D eigenvalue weighted by Gasteiger charge is -2.21. The molecule has 0 aliphatic heterocycles. The van der Waals surface area contributed by atoms with Crippen LogP contribution in [0.5, 0.6) is 0 Å². The fourth-order valence-corrected chi connectivity index (χ4v) is 1.87. The highest BCUT2D eigenvalue weighted by atomic mass is 16.5. The Morgan fingerprint density at radius 2 is 2.11 bits per heavy atom.